The summed E-state index contributed by atoms with van der Waals surface area (Å²) in [5, 5.41) is 48.9. The van der Waals surface area contributed by atoms with Crippen molar-refractivity contribution in [3.05, 3.63) is 70.2 Å². The molecule has 15 heteroatoms. The Bertz CT molecular complexity index is 1220. The molecule has 1 heterocycles. The van der Waals surface area contributed by atoms with Crippen molar-refractivity contribution >= 4 is 29.4 Å². The lowest BCUT2D eigenvalue weighted by molar-refractivity contribution is -0.383. The van der Waals surface area contributed by atoms with Crippen molar-refractivity contribution in [3.8, 4) is 0 Å². The van der Waals surface area contributed by atoms with Crippen LogP contribution in [0, 0.1) is 11.6 Å². The van der Waals surface area contributed by atoms with Gasteiger partial charge >= 0.3 is 0 Å². The van der Waals surface area contributed by atoms with E-state index in [1.54, 1.807) is 0 Å². The van der Waals surface area contributed by atoms with Gasteiger partial charge in [-0.15, -0.1) is 0 Å². The van der Waals surface area contributed by atoms with Crippen molar-refractivity contribution in [1.29, 1.82) is 0 Å². The Morgan fingerprint density at radius 2 is 1.85 bits per heavy atom. The molecule has 0 aliphatic carbocycles. The number of carbonyl (C=O) groups is 3. The SMILES string of the molecule is O=C(CF)N[C@H]1[C@H]([C@H](O)[C@H](O)CNC(=O)c2ccc(Cl)cc2)O[C@@](OCc2cccc(F)c2F)(C(=O)[O-])C[C@@H]1O. The highest BCUT2D eigenvalue weighted by molar-refractivity contribution is 6.30. The number of halogens is 4. The summed E-state index contributed by atoms with van der Waals surface area (Å²) in [6.45, 7) is -3.07. The van der Waals surface area contributed by atoms with Crippen molar-refractivity contribution in [3.63, 3.8) is 0 Å². The molecule has 2 aromatic carbocycles. The predicted octanol–water partition coefficient (Wildman–Crippen LogP) is -0.663. The molecule has 0 radical (unpaired) electrons. The average molecular weight is 590 g/mol. The number of aliphatic hydroxyl groups excluding tert-OH is 3. The number of carboxylic acids is 1. The fourth-order valence-corrected chi connectivity index (χ4v) is 4.15. The van der Waals surface area contributed by atoms with Crippen LogP contribution in [0.2, 0.25) is 5.02 Å². The van der Waals surface area contributed by atoms with Crippen LogP contribution >= 0.6 is 11.6 Å². The van der Waals surface area contributed by atoms with Gasteiger partial charge in [-0.1, -0.05) is 23.7 Å². The van der Waals surface area contributed by atoms with Crippen LogP contribution < -0.4 is 15.7 Å². The number of aliphatic hydroxyl groups is 3. The normalized spacial score (nSPS) is 24.1. The molecule has 1 saturated heterocycles. The fraction of sp³-hybridized carbons (Fsp3) is 0.400. The van der Waals surface area contributed by atoms with Gasteiger partial charge in [0.15, 0.2) is 18.3 Å². The van der Waals surface area contributed by atoms with Crippen LogP contribution in [0.5, 0.6) is 0 Å². The maximum Gasteiger partial charge on any atom is 0.251 e. The van der Waals surface area contributed by atoms with E-state index in [4.69, 9.17) is 21.1 Å². The van der Waals surface area contributed by atoms with E-state index in [1.807, 2.05) is 5.32 Å². The number of amides is 2. The molecule has 2 aromatic rings. The quantitative estimate of drug-likeness (QED) is 0.228. The van der Waals surface area contributed by atoms with Gasteiger partial charge in [-0.25, -0.2) is 13.2 Å². The molecule has 0 spiro atoms. The summed E-state index contributed by atoms with van der Waals surface area (Å²) in [6, 6.07) is 6.99. The van der Waals surface area contributed by atoms with Gasteiger partial charge < -0.3 is 45.3 Å². The number of hydrogen-bond donors (Lipinski definition) is 5. The van der Waals surface area contributed by atoms with E-state index in [1.165, 1.54) is 24.3 Å². The minimum Gasteiger partial charge on any atom is -0.544 e. The molecule has 0 saturated carbocycles. The van der Waals surface area contributed by atoms with E-state index in [9.17, 15) is 48.0 Å². The second-order valence-corrected chi connectivity index (χ2v) is 9.33. The number of carbonyl (C=O) groups excluding carboxylic acids is 3. The van der Waals surface area contributed by atoms with Crippen LogP contribution in [0.1, 0.15) is 22.3 Å². The van der Waals surface area contributed by atoms with E-state index in [-0.39, 0.29) is 5.56 Å². The van der Waals surface area contributed by atoms with Gasteiger partial charge in [0.25, 0.3) is 11.8 Å². The number of ether oxygens (including phenoxy) is 2. The van der Waals surface area contributed by atoms with Crippen LogP contribution in [0.15, 0.2) is 42.5 Å². The third kappa shape index (κ3) is 7.27. The minimum absolute atomic E-state index is 0.150. The molecule has 5 N–H and O–H groups in total. The summed E-state index contributed by atoms with van der Waals surface area (Å²) in [5.74, 6) is -9.53. The van der Waals surface area contributed by atoms with Gasteiger partial charge in [0.05, 0.1) is 24.9 Å². The Kier molecular flexibility index (Phi) is 10.5. The van der Waals surface area contributed by atoms with E-state index < -0.39 is 97.5 Å². The van der Waals surface area contributed by atoms with Gasteiger partial charge in [0.2, 0.25) is 5.79 Å². The first-order chi connectivity index (χ1) is 18.9. The molecule has 1 aliphatic heterocycles. The summed E-state index contributed by atoms with van der Waals surface area (Å²) < 4.78 is 51.2. The predicted molar refractivity (Wildman–Crippen MR) is 128 cm³/mol. The molecular formula is C25H25ClF3N2O9-. The Labute approximate surface area is 230 Å². The Morgan fingerprint density at radius 3 is 2.48 bits per heavy atom. The molecule has 3 rings (SSSR count). The Hall–Kier alpha value is -3.27. The van der Waals surface area contributed by atoms with E-state index in [2.05, 4.69) is 5.32 Å². The van der Waals surface area contributed by atoms with Crippen LogP contribution in [0.3, 0.4) is 0 Å². The van der Waals surface area contributed by atoms with Crippen molar-refractivity contribution in [2.45, 2.75) is 49.3 Å². The Balaban J connectivity index is 1.82. The molecule has 218 valence electrons. The van der Waals surface area contributed by atoms with E-state index in [0.29, 0.717) is 5.02 Å². The van der Waals surface area contributed by atoms with E-state index in [0.717, 1.165) is 18.2 Å². The molecule has 2 amide bonds. The summed E-state index contributed by atoms with van der Waals surface area (Å²) in [4.78, 5) is 36.2. The Morgan fingerprint density at radius 1 is 1.18 bits per heavy atom. The number of alkyl halides is 1. The highest BCUT2D eigenvalue weighted by Gasteiger charge is 2.52. The lowest BCUT2D eigenvalue weighted by Gasteiger charge is -2.48. The maximum absolute atomic E-state index is 14.1. The summed E-state index contributed by atoms with van der Waals surface area (Å²) in [7, 11) is 0. The van der Waals surface area contributed by atoms with Crippen molar-refractivity contribution in [2.75, 3.05) is 13.2 Å². The largest absolute Gasteiger partial charge is 0.544 e. The van der Waals surface area contributed by atoms with Crippen LogP contribution in [-0.4, -0.2) is 82.6 Å². The van der Waals surface area contributed by atoms with Gasteiger partial charge in [0.1, 0.15) is 18.2 Å². The minimum atomic E-state index is -2.90. The van der Waals surface area contributed by atoms with E-state index >= 15 is 0 Å². The first-order valence-electron chi connectivity index (χ1n) is 11.8. The standard InChI is InChI=1S/C25H26ClF3N2O9/c26-14-6-4-12(5-7-14)23(36)30-10-17(33)21(35)22-20(31-18(34)9-27)16(32)8-25(40-22,24(37)38)39-11-13-2-1-3-15(28)19(13)29/h1-7,16-17,20-22,32-33,35H,8-11H2,(H,30,36)(H,31,34)(H,37,38)/p-1/t16-,17+,20+,21+,22+,25+/m0/s1. The summed E-state index contributed by atoms with van der Waals surface area (Å²) in [5.41, 5.74) is -0.272. The third-order valence-electron chi connectivity index (χ3n) is 6.13. The molecule has 0 unspecified atom stereocenters. The van der Waals surface area contributed by atoms with Crippen LogP contribution in [0.4, 0.5) is 13.2 Å². The van der Waals surface area contributed by atoms with Gasteiger partial charge in [0, 0.05) is 29.1 Å². The van der Waals surface area contributed by atoms with Crippen LogP contribution in [0.25, 0.3) is 0 Å². The topological polar surface area (TPSA) is 177 Å². The zero-order valence-corrected chi connectivity index (χ0v) is 21.3. The number of benzene rings is 2. The summed E-state index contributed by atoms with van der Waals surface area (Å²) >= 11 is 5.78. The maximum atomic E-state index is 14.1. The number of carboxylic acid groups (broad SMARTS) is 1. The highest BCUT2D eigenvalue weighted by Crippen LogP contribution is 2.34. The molecule has 1 fully saturated rings. The first-order valence-corrected chi connectivity index (χ1v) is 12.2. The van der Waals surface area contributed by atoms with Crippen molar-refractivity contribution in [1.82, 2.24) is 10.6 Å². The molecule has 40 heavy (non-hydrogen) atoms. The molecule has 0 bridgehead atoms. The second kappa shape index (κ2) is 13.4. The molecule has 6 atom stereocenters. The van der Waals surface area contributed by atoms with Gasteiger partial charge in [-0.2, -0.15) is 0 Å². The lowest BCUT2D eigenvalue weighted by atomic mass is 9.88. The summed E-state index contributed by atoms with van der Waals surface area (Å²) in [6.07, 6.45) is -8.86. The molecule has 1 aliphatic rings. The number of aliphatic carboxylic acids is 1. The van der Waals surface area contributed by atoms with Gasteiger partial charge in [-0.3, -0.25) is 9.59 Å². The fourth-order valence-electron chi connectivity index (χ4n) is 4.03. The van der Waals surface area contributed by atoms with Crippen molar-refractivity contribution < 1.29 is 57.5 Å². The number of nitrogens with one attached hydrogen (secondary N) is 2. The zero-order valence-electron chi connectivity index (χ0n) is 20.6. The number of rotatable bonds is 11. The van der Waals surface area contributed by atoms with Crippen molar-refractivity contribution in [2.24, 2.45) is 0 Å². The zero-order chi connectivity index (χ0) is 29.6. The smallest absolute Gasteiger partial charge is 0.251 e. The molecule has 11 nitrogen and oxygen atoms in total. The highest BCUT2D eigenvalue weighted by atomic mass is 35.5. The average Bonchev–Trinajstić information content (AvgIpc) is 2.93. The first kappa shape index (κ1) is 31.3. The lowest BCUT2D eigenvalue weighted by Crippen LogP contribution is -2.70. The number of hydrogen-bond acceptors (Lipinski definition) is 9. The monoisotopic (exact) mass is 589 g/mol. The molecule has 0 aromatic heterocycles. The van der Waals surface area contributed by atoms with Crippen LogP contribution in [-0.2, 0) is 25.7 Å². The third-order valence-corrected chi connectivity index (χ3v) is 6.39. The molecular weight excluding hydrogens is 565 g/mol. The van der Waals surface area contributed by atoms with Gasteiger partial charge in [-0.05, 0) is 30.3 Å². The second-order valence-electron chi connectivity index (χ2n) is 8.90.